The lowest BCUT2D eigenvalue weighted by atomic mass is 9.82. The summed E-state index contributed by atoms with van der Waals surface area (Å²) < 4.78 is 5.57. The molecular formula is C22H28O3. The third kappa shape index (κ3) is 3.41. The number of ether oxygens (including phenoxy) is 1. The van der Waals surface area contributed by atoms with Gasteiger partial charge in [-0.15, -0.1) is 0 Å². The second-order valence-corrected chi connectivity index (χ2v) is 7.09. The number of phenols is 1. The molecule has 0 spiro atoms. The van der Waals surface area contributed by atoms with Gasteiger partial charge in [0.25, 0.3) is 0 Å². The molecule has 0 fully saturated rings. The number of hydrogen-bond acceptors (Lipinski definition) is 3. The molecule has 0 radical (unpaired) electrons. The Morgan fingerprint density at radius 2 is 1.36 bits per heavy atom. The molecule has 134 valence electrons. The van der Waals surface area contributed by atoms with Crippen molar-refractivity contribution in [3.8, 4) is 11.5 Å². The number of hydrogen-bond donors (Lipinski definition) is 1. The Kier molecular flexibility index (Phi) is 5.26. The number of phenolic OH excluding ortho intramolecular Hbond substituents is 1. The van der Waals surface area contributed by atoms with E-state index in [0.29, 0.717) is 11.5 Å². The average molecular weight is 340 g/mol. The van der Waals surface area contributed by atoms with Crippen LogP contribution in [0.25, 0.3) is 0 Å². The van der Waals surface area contributed by atoms with E-state index in [2.05, 4.69) is 20.8 Å². The van der Waals surface area contributed by atoms with Crippen molar-refractivity contribution >= 4 is 5.97 Å². The fraction of sp³-hybridized carbons (Fsp3) is 0.409. The molecule has 0 heterocycles. The van der Waals surface area contributed by atoms with Gasteiger partial charge >= 0.3 is 5.97 Å². The molecule has 0 aliphatic rings. The van der Waals surface area contributed by atoms with E-state index in [4.69, 9.17) is 4.74 Å². The first-order chi connectivity index (χ1) is 11.6. The molecule has 25 heavy (non-hydrogen) atoms. The maximum Gasteiger partial charge on any atom is 0.308 e. The molecule has 2 aromatic rings. The summed E-state index contributed by atoms with van der Waals surface area (Å²) >= 11 is 0. The van der Waals surface area contributed by atoms with Crippen LogP contribution < -0.4 is 4.74 Å². The molecule has 2 aromatic carbocycles. The van der Waals surface area contributed by atoms with Crippen LogP contribution in [0.1, 0.15) is 64.3 Å². The summed E-state index contributed by atoms with van der Waals surface area (Å²) in [4.78, 5) is 11.6. The van der Waals surface area contributed by atoms with Crippen LogP contribution in [-0.4, -0.2) is 11.1 Å². The van der Waals surface area contributed by atoms with Crippen molar-refractivity contribution in [2.75, 3.05) is 0 Å². The van der Waals surface area contributed by atoms with Crippen molar-refractivity contribution in [3.63, 3.8) is 0 Å². The van der Waals surface area contributed by atoms with E-state index in [1.165, 1.54) is 6.92 Å². The van der Waals surface area contributed by atoms with Gasteiger partial charge in [0.2, 0.25) is 0 Å². The van der Waals surface area contributed by atoms with Crippen molar-refractivity contribution in [2.24, 2.45) is 0 Å². The lowest BCUT2D eigenvalue weighted by Crippen LogP contribution is -2.12. The van der Waals surface area contributed by atoms with Gasteiger partial charge in [-0.05, 0) is 74.9 Å². The zero-order valence-corrected chi connectivity index (χ0v) is 16.5. The highest BCUT2D eigenvalue weighted by atomic mass is 16.5. The van der Waals surface area contributed by atoms with Gasteiger partial charge in [-0.2, -0.15) is 0 Å². The smallest absolute Gasteiger partial charge is 0.308 e. The van der Waals surface area contributed by atoms with Gasteiger partial charge in [0.05, 0.1) is 0 Å². The standard InChI is InChI=1S/C22H28O3/c1-11-9-13(3)21(24)19(15(11)5)17(7)20-16(6)12(2)10-14(4)22(20)25-18(8)23/h9-10,17,24H,1-8H3. The summed E-state index contributed by atoms with van der Waals surface area (Å²) in [5, 5.41) is 10.7. The van der Waals surface area contributed by atoms with Crippen molar-refractivity contribution < 1.29 is 14.6 Å². The van der Waals surface area contributed by atoms with Crippen LogP contribution in [0, 0.1) is 41.5 Å². The summed E-state index contributed by atoms with van der Waals surface area (Å²) in [6, 6.07) is 4.04. The molecule has 0 aliphatic carbocycles. The molecule has 1 unspecified atom stereocenters. The minimum absolute atomic E-state index is 0.0912. The van der Waals surface area contributed by atoms with Crippen LogP contribution in [0.2, 0.25) is 0 Å². The first kappa shape index (κ1) is 19.0. The van der Waals surface area contributed by atoms with Crippen molar-refractivity contribution in [1.29, 1.82) is 0 Å². The molecule has 1 N–H and O–H groups in total. The Morgan fingerprint density at radius 1 is 0.880 bits per heavy atom. The van der Waals surface area contributed by atoms with Crippen LogP contribution in [0.4, 0.5) is 0 Å². The van der Waals surface area contributed by atoms with Gasteiger partial charge in [-0.3, -0.25) is 4.79 Å². The number of rotatable bonds is 3. The van der Waals surface area contributed by atoms with Crippen LogP contribution in [0.15, 0.2) is 12.1 Å². The lowest BCUT2D eigenvalue weighted by molar-refractivity contribution is -0.132. The van der Waals surface area contributed by atoms with Crippen molar-refractivity contribution in [3.05, 3.63) is 56.6 Å². The molecule has 0 saturated carbocycles. The Hall–Kier alpha value is -2.29. The first-order valence-corrected chi connectivity index (χ1v) is 8.65. The summed E-state index contributed by atoms with van der Waals surface area (Å²) in [6.07, 6.45) is 0. The second-order valence-electron chi connectivity index (χ2n) is 7.09. The van der Waals surface area contributed by atoms with E-state index in [1.807, 2.05) is 39.8 Å². The summed E-state index contributed by atoms with van der Waals surface area (Å²) in [6.45, 7) is 15.5. The van der Waals surface area contributed by atoms with E-state index in [0.717, 1.165) is 44.5 Å². The van der Waals surface area contributed by atoms with E-state index in [-0.39, 0.29) is 11.9 Å². The minimum atomic E-state index is -0.332. The highest BCUT2D eigenvalue weighted by Crippen LogP contribution is 2.43. The van der Waals surface area contributed by atoms with Crippen LogP contribution >= 0.6 is 0 Å². The van der Waals surface area contributed by atoms with Gasteiger partial charge in [0, 0.05) is 24.0 Å². The monoisotopic (exact) mass is 340 g/mol. The van der Waals surface area contributed by atoms with Gasteiger partial charge in [-0.25, -0.2) is 0 Å². The quantitative estimate of drug-likeness (QED) is 0.607. The number of aryl methyl sites for hydroxylation is 4. The third-order valence-electron chi connectivity index (χ3n) is 5.20. The molecule has 1 atom stereocenters. The molecule has 0 amide bonds. The van der Waals surface area contributed by atoms with Gasteiger partial charge < -0.3 is 9.84 Å². The van der Waals surface area contributed by atoms with Crippen LogP contribution in [0.5, 0.6) is 11.5 Å². The lowest BCUT2D eigenvalue weighted by Gasteiger charge is -2.25. The molecule has 3 heteroatoms. The zero-order valence-electron chi connectivity index (χ0n) is 16.5. The zero-order chi connectivity index (χ0) is 19.0. The molecule has 3 nitrogen and oxygen atoms in total. The Labute approximate surface area is 150 Å². The predicted octanol–water partition coefficient (Wildman–Crippen LogP) is 5.32. The summed E-state index contributed by atoms with van der Waals surface area (Å²) in [7, 11) is 0. The fourth-order valence-corrected chi connectivity index (χ4v) is 3.67. The highest BCUT2D eigenvalue weighted by molar-refractivity contribution is 5.72. The molecule has 0 bridgehead atoms. The van der Waals surface area contributed by atoms with Crippen molar-refractivity contribution in [1.82, 2.24) is 0 Å². The highest BCUT2D eigenvalue weighted by Gasteiger charge is 2.25. The molecular weight excluding hydrogens is 312 g/mol. The van der Waals surface area contributed by atoms with E-state index < -0.39 is 0 Å². The van der Waals surface area contributed by atoms with Crippen molar-refractivity contribution in [2.45, 2.75) is 61.3 Å². The fourth-order valence-electron chi connectivity index (χ4n) is 3.67. The number of benzene rings is 2. The number of carbonyl (C=O) groups is 1. The predicted molar refractivity (Wildman–Crippen MR) is 102 cm³/mol. The van der Waals surface area contributed by atoms with Gasteiger partial charge in [0.15, 0.2) is 0 Å². The largest absolute Gasteiger partial charge is 0.507 e. The maximum absolute atomic E-state index is 11.6. The Morgan fingerprint density at radius 3 is 1.88 bits per heavy atom. The number of aromatic hydroxyl groups is 1. The third-order valence-corrected chi connectivity index (χ3v) is 5.20. The van der Waals surface area contributed by atoms with E-state index in [1.54, 1.807) is 0 Å². The van der Waals surface area contributed by atoms with E-state index >= 15 is 0 Å². The molecule has 2 rings (SSSR count). The Bertz CT molecular complexity index is 821. The average Bonchev–Trinajstić information content (AvgIpc) is 2.50. The number of carbonyl (C=O) groups excluding carboxylic acids is 1. The molecule has 0 saturated heterocycles. The molecule has 0 aliphatic heterocycles. The second kappa shape index (κ2) is 6.91. The van der Waals surface area contributed by atoms with Gasteiger partial charge in [0.1, 0.15) is 11.5 Å². The molecule has 0 aromatic heterocycles. The SMILES string of the molecule is CC(=O)Oc1c(C)cc(C)c(C)c1C(C)c1c(C)c(C)cc(C)c1O. The van der Waals surface area contributed by atoms with Crippen LogP contribution in [-0.2, 0) is 4.79 Å². The summed E-state index contributed by atoms with van der Waals surface area (Å²) in [5.74, 6) is 0.511. The first-order valence-electron chi connectivity index (χ1n) is 8.65. The number of esters is 1. The Balaban J connectivity index is 2.80. The maximum atomic E-state index is 11.6. The summed E-state index contributed by atoms with van der Waals surface area (Å²) in [5.41, 5.74) is 8.12. The van der Waals surface area contributed by atoms with E-state index in [9.17, 15) is 9.90 Å². The van der Waals surface area contributed by atoms with Gasteiger partial charge in [-0.1, -0.05) is 19.1 Å². The normalized spacial score (nSPS) is 12.2. The minimum Gasteiger partial charge on any atom is -0.507 e. The van der Waals surface area contributed by atoms with Crippen LogP contribution in [0.3, 0.4) is 0 Å². The topological polar surface area (TPSA) is 46.5 Å².